The molecule has 0 radical (unpaired) electrons. The number of allylic oxidation sites excluding steroid dienone is 5. The standard InChI is InChI=1S/C29H44S/c1-7-9-10-11-12-13-14-29(20-19-27-17-15-23(3)16-18-27)25(5)21-24(4)28(8-2)22-26(6)30/h15-21,28H,7-14,22H2,1-6H3/b20-19+,24-21+,29-25+. The summed E-state index contributed by atoms with van der Waals surface area (Å²) >= 11 is 5.38. The van der Waals surface area contributed by atoms with Crippen molar-refractivity contribution in [3.8, 4) is 0 Å². The SMILES string of the molecule is CCCCCCCCC(/C=C/c1ccc(C)cc1)=C(C)\C=C(/C)C(CC)CC(C)=S. The van der Waals surface area contributed by atoms with Gasteiger partial charge in [-0.25, -0.2) is 0 Å². The Morgan fingerprint density at radius 2 is 1.57 bits per heavy atom. The van der Waals surface area contributed by atoms with Gasteiger partial charge < -0.3 is 0 Å². The van der Waals surface area contributed by atoms with Crippen molar-refractivity contribution in [1.82, 2.24) is 0 Å². The smallest absolute Gasteiger partial charge is 0.00965 e. The Morgan fingerprint density at radius 3 is 2.17 bits per heavy atom. The second-order valence-corrected chi connectivity index (χ2v) is 9.57. The van der Waals surface area contributed by atoms with E-state index in [9.17, 15) is 0 Å². The van der Waals surface area contributed by atoms with E-state index >= 15 is 0 Å². The van der Waals surface area contributed by atoms with Crippen molar-refractivity contribution >= 4 is 23.2 Å². The number of unbranched alkanes of at least 4 members (excludes halogenated alkanes) is 5. The highest BCUT2D eigenvalue weighted by Gasteiger charge is 2.10. The van der Waals surface area contributed by atoms with E-state index in [4.69, 9.17) is 12.2 Å². The van der Waals surface area contributed by atoms with Gasteiger partial charge >= 0.3 is 0 Å². The molecular formula is C29H44S. The molecule has 0 aliphatic heterocycles. The van der Waals surface area contributed by atoms with Crippen molar-refractivity contribution in [3.63, 3.8) is 0 Å². The minimum atomic E-state index is 0.564. The van der Waals surface area contributed by atoms with Gasteiger partial charge in [-0.1, -0.05) is 112 Å². The van der Waals surface area contributed by atoms with Crippen molar-refractivity contribution in [2.24, 2.45) is 5.92 Å². The van der Waals surface area contributed by atoms with E-state index in [-0.39, 0.29) is 0 Å². The first kappa shape index (κ1) is 26.6. The summed E-state index contributed by atoms with van der Waals surface area (Å²) in [5, 5.41) is 0. The highest BCUT2D eigenvalue weighted by molar-refractivity contribution is 7.80. The van der Waals surface area contributed by atoms with E-state index < -0.39 is 0 Å². The van der Waals surface area contributed by atoms with Crippen LogP contribution >= 0.6 is 12.2 Å². The first-order valence-corrected chi connectivity index (χ1v) is 12.4. The fraction of sp³-hybridized carbons (Fsp3) is 0.552. The summed E-state index contributed by atoms with van der Waals surface area (Å²) in [6, 6.07) is 8.79. The quantitative estimate of drug-likeness (QED) is 0.163. The lowest BCUT2D eigenvalue weighted by Gasteiger charge is -2.16. The molecule has 0 saturated heterocycles. The molecule has 0 saturated carbocycles. The number of hydrogen-bond acceptors (Lipinski definition) is 1. The van der Waals surface area contributed by atoms with Crippen LogP contribution in [0, 0.1) is 12.8 Å². The molecule has 1 aromatic rings. The zero-order valence-corrected chi connectivity index (χ0v) is 21.2. The van der Waals surface area contributed by atoms with Gasteiger partial charge in [-0.15, -0.1) is 0 Å². The monoisotopic (exact) mass is 424 g/mol. The van der Waals surface area contributed by atoms with E-state index in [1.165, 1.54) is 66.4 Å². The molecule has 30 heavy (non-hydrogen) atoms. The molecule has 0 aliphatic rings. The van der Waals surface area contributed by atoms with Crippen LogP contribution in [0.1, 0.15) is 104 Å². The lowest BCUT2D eigenvalue weighted by atomic mass is 9.90. The van der Waals surface area contributed by atoms with E-state index in [0.29, 0.717) is 5.92 Å². The van der Waals surface area contributed by atoms with E-state index in [1.807, 2.05) is 0 Å². The highest BCUT2D eigenvalue weighted by Crippen LogP contribution is 2.24. The van der Waals surface area contributed by atoms with Gasteiger partial charge in [0.1, 0.15) is 0 Å². The second kappa shape index (κ2) is 15.3. The maximum Gasteiger partial charge on any atom is -0.00965 e. The van der Waals surface area contributed by atoms with E-state index in [0.717, 1.165) is 24.1 Å². The number of hydrogen-bond donors (Lipinski definition) is 0. The van der Waals surface area contributed by atoms with Crippen LogP contribution in [0.4, 0.5) is 0 Å². The molecule has 0 N–H and O–H groups in total. The predicted molar refractivity (Wildman–Crippen MR) is 141 cm³/mol. The summed E-state index contributed by atoms with van der Waals surface area (Å²) in [6.07, 6.45) is 18.4. The Hall–Kier alpha value is -1.47. The van der Waals surface area contributed by atoms with Crippen molar-refractivity contribution in [2.45, 2.75) is 99.3 Å². The summed E-state index contributed by atoms with van der Waals surface area (Å²) in [4.78, 5) is 1.11. The van der Waals surface area contributed by atoms with Crippen LogP contribution in [0.25, 0.3) is 6.08 Å². The summed E-state index contributed by atoms with van der Waals surface area (Å²) in [6.45, 7) is 13.3. The van der Waals surface area contributed by atoms with Gasteiger partial charge in [0.25, 0.3) is 0 Å². The minimum Gasteiger partial charge on any atom is -0.0900 e. The molecule has 1 rings (SSSR count). The molecule has 0 aromatic heterocycles. The maximum atomic E-state index is 5.38. The summed E-state index contributed by atoms with van der Waals surface area (Å²) in [5.74, 6) is 0.564. The van der Waals surface area contributed by atoms with Gasteiger partial charge in [-0.05, 0) is 80.9 Å². The van der Waals surface area contributed by atoms with Gasteiger partial charge in [-0.3, -0.25) is 0 Å². The highest BCUT2D eigenvalue weighted by atomic mass is 32.1. The molecule has 0 amide bonds. The number of aryl methyl sites for hydroxylation is 1. The molecule has 1 unspecified atom stereocenters. The number of rotatable bonds is 14. The van der Waals surface area contributed by atoms with Gasteiger partial charge in [0, 0.05) is 0 Å². The van der Waals surface area contributed by atoms with Crippen molar-refractivity contribution in [1.29, 1.82) is 0 Å². The third-order valence-electron chi connectivity index (χ3n) is 5.98. The van der Waals surface area contributed by atoms with Crippen LogP contribution in [0.15, 0.2) is 53.1 Å². The fourth-order valence-electron chi connectivity index (χ4n) is 3.91. The Bertz CT molecular complexity index is 715. The molecule has 0 nitrogen and oxygen atoms in total. The van der Waals surface area contributed by atoms with Gasteiger partial charge in [-0.2, -0.15) is 0 Å². The van der Waals surface area contributed by atoms with Crippen molar-refractivity contribution in [2.75, 3.05) is 0 Å². The summed E-state index contributed by atoms with van der Waals surface area (Å²) in [7, 11) is 0. The lowest BCUT2D eigenvalue weighted by molar-refractivity contribution is 0.607. The van der Waals surface area contributed by atoms with Gasteiger partial charge in [0.2, 0.25) is 0 Å². The fourth-order valence-corrected chi connectivity index (χ4v) is 4.11. The van der Waals surface area contributed by atoms with Crippen LogP contribution in [0.2, 0.25) is 0 Å². The van der Waals surface area contributed by atoms with Gasteiger partial charge in [0.15, 0.2) is 0 Å². The zero-order valence-electron chi connectivity index (χ0n) is 20.4. The van der Waals surface area contributed by atoms with E-state index in [2.05, 4.69) is 84.0 Å². The van der Waals surface area contributed by atoms with Crippen molar-refractivity contribution in [3.05, 3.63) is 64.3 Å². The Morgan fingerprint density at radius 1 is 0.933 bits per heavy atom. The minimum absolute atomic E-state index is 0.564. The molecule has 0 bridgehead atoms. The lowest BCUT2D eigenvalue weighted by Crippen LogP contribution is -2.05. The molecule has 0 spiro atoms. The Kier molecular flexibility index (Phi) is 13.6. The molecule has 1 aromatic carbocycles. The van der Waals surface area contributed by atoms with Gasteiger partial charge in [0.05, 0.1) is 0 Å². The molecule has 166 valence electrons. The first-order chi connectivity index (χ1) is 14.4. The third kappa shape index (κ3) is 11.1. The Balaban J connectivity index is 2.98. The molecule has 0 heterocycles. The second-order valence-electron chi connectivity index (χ2n) is 8.87. The van der Waals surface area contributed by atoms with Crippen LogP contribution in [-0.2, 0) is 0 Å². The number of thiocarbonyl (C=S) groups is 1. The normalized spacial score (nSPS) is 14.1. The summed E-state index contributed by atoms with van der Waals surface area (Å²) in [5.41, 5.74) is 6.93. The zero-order chi connectivity index (χ0) is 22.4. The third-order valence-corrected chi connectivity index (χ3v) is 6.14. The first-order valence-electron chi connectivity index (χ1n) is 12.0. The average molecular weight is 425 g/mol. The van der Waals surface area contributed by atoms with Crippen LogP contribution in [0.5, 0.6) is 0 Å². The molecule has 0 fully saturated rings. The molecule has 0 aliphatic carbocycles. The largest absolute Gasteiger partial charge is 0.0900 e. The average Bonchev–Trinajstić information content (AvgIpc) is 2.71. The maximum absolute atomic E-state index is 5.38. The Labute approximate surface area is 192 Å². The molecule has 1 atom stereocenters. The van der Waals surface area contributed by atoms with Crippen LogP contribution in [-0.4, -0.2) is 4.86 Å². The molecule has 1 heteroatoms. The van der Waals surface area contributed by atoms with Crippen molar-refractivity contribution < 1.29 is 0 Å². The summed E-state index contributed by atoms with van der Waals surface area (Å²) < 4.78 is 0. The van der Waals surface area contributed by atoms with E-state index in [1.54, 1.807) is 0 Å². The van der Waals surface area contributed by atoms with Crippen LogP contribution in [0.3, 0.4) is 0 Å². The predicted octanol–water partition coefficient (Wildman–Crippen LogP) is 9.83. The topological polar surface area (TPSA) is 0 Å². The number of benzene rings is 1. The van der Waals surface area contributed by atoms with Crippen LogP contribution < -0.4 is 0 Å². The molecular weight excluding hydrogens is 380 g/mol.